The molecule has 1 saturated heterocycles. The van der Waals surface area contributed by atoms with Crippen molar-refractivity contribution in [1.82, 2.24) is 10.6 Å². The van der Waals surface area contributed by atoms with E-state index in [0.717, 1.165) is 36.8 Å². The molecule has 0 spiro atoms. The summed E-state index contributed by atoms with van der Waals surface area (Å²) in [6.07, 6.45) is 11.0. The second-order valence-electron chi connectivity index (χ2n) is 5.39. The van der Waals surface area contributed by atoms with Gasteiger partial charge in [0.1, 0.15) is 0 Å². The van der Waals surface area contributed by atoms with Gasteiger partial charge in [-0.3, -0.25) is 4.99 Å². The molecule has 0 aromatic rings. The topological polar surface area (TPSA) is 36.4 Å². The van der Waals surface area contributed by atoms with Crippen molar-refractivity contribution in [2.24, 2.45) is 10.9 Å². The summed E-state index contributed by atoms with van der Waals surface area (Å²) < 4.78 is 0. The summed E-state index contributed by atoms with van der Waals surface area (Å²) in [5.41, 5.74) is 0. The Kier molecular flexibility index (Phi) is 6.62. The standard InChI is InChI=1S/C15H27N3S/c1-2-16-15(18-12-14-9-6-10-19-14)17-11-13-7-4-3-5-8-13/h3-4,13-14H,2,5-12H2,1H3,(H2,16,17,18). The molecule has 2 atom stereocenters. The van der Waals surface area contributed by atoms with Crippen LogP contribution in [0.15, 0.2) is 17.1 Å². The predicted octanol–water partition coefficient (Wildman–Crippen LogP) is 2.79. The Balaban J connectivity index is 1.74. The van der Waals surface area contributed by atoms with Crippen molar-refractivity contribution in [2.45, 2.75) is 44.3 Å². The van der Waals surface area contributed by atoms with Gasteiger partial charge in [0.05, 0.1) is 0 Å². The molecule has 1 aliphatic carbocycles. The van der Waals surface area contributed by atoms with Crippen LogP contribution in [-0.4, -0.2) is 36.6 Å². The van der Waals surface area contributed by atoms with Gasteiger partial charge in [-0.25, -0.2) is 0 Å². The van der Waals surface area contributed by atoms with Gasteiger partial charge in [0.2, 0.25) is 0 Å². The summed E-state index contributed by atoms with van der Waals surface area (Å²) in [5.74, 6) is 3.07. The first kappa shape index (κ1) is 14.8. The second-order valence-corrected chi connectivity index (χ2v) is 6.79. The molecule has 4 heteroatoms. The zero-order valence-corrected chi connectivity index (χ0v) is 12.8. The van der Waals surface area contributed by atoms with Crippen LogP contribution in [0.1, 0.15) is 39.0 Å². The SMILES string of the molecule is CCNC(=NCC1CC=CCC1)NCC1CCCS1. The van der Waals surface area contributed by atoms with Crippen LogP contribution >= 0.6 is 11.8 Å². The minimum Gasteiger partial charge on any atom is -0.357 e. The highest BCUT2D eigenvalue weighted by Crippen LogP contribution is 2.25. The van der Waals surface area contributed by atoms with Gasteiger partial charge in [0, 0.05) is 24.9 Å². The molecule has 3 nitrogen and oxygen atoms in total. The molecule has 2 rings (SSSR count). The molecule has 19 heavy (non-hydrogen) atoms. The Morgan fingerprint density at radius 2 is 2.26 bits per heavy atom. The van der Waals surface area contributed by atoms with Gasteiger partial charge in [-0.05, 0) is 50.7 Å². The molecule has 2 unspecified atom stereocenters. The maximum absolute atomic E-state index is 4.75. The van der Waals surface area contributed by atoms with E-state index in [0.29, 0.717) is 0 Å². The Bertz CT molecular complexity index is 309. The van der Waals surface area contributed by atoms with Gasteiger partial charge in [0.25, 0.3) is 0 Å². The summed E-state index contributed by atoms with van der Waals surface area (Å²) in [6, 6.07) is 0. The minimum absolute atomic E-state index is 0.737. The average molecular weight is 281 g/mol. The van der Waals surface area contributed by atoms with Crippen LogP contribution in [0.5, 0.6) is 0 Å². The van der Waals surface area contributed by atoms with Gasteiger partial charge in [-0.2, -0.15) is 11.8 Å². The molecule has 1 heterocycles. The number of hydrogen-bond donors (Lipinski definition) is 2. The minimum atomic E-state index is 0.737. The van der Waals surface area contributed by atoms with Crippen molar-refractivity contribution in [3.8, 4) is 0 Å². The van der Waals surface area contributed by atoms with E-state index in [1.165, 1.54) is 37.9 Å². The maximum Gasteiger partial charge on any atom is 0.191 e. The number of allylic oxidation sites excluding steroid dienone is 2. The van der Waals surface area contributed by atoms with E-state index in [1.807, 2.05) is 0 Å². The first-order valence-corrected chi connectivity index (χ1v) is 8.72. The fraction of sp³-hybridized carbons (Fsp3) is 0.800. The Morgan fingerprint density at radius 3 is 2.95 bits per heavy atom. The van der Waals surface area contributed by atoms with Crippen LogP contribution in [0.25, 0.3) is 0 Å². The van der Waals surface area contributed by atoms with E-state index < -0.39 is 0 Å². The number of hydrogen-bond acceptors (Lipinski definition) is 2. The highest BCUT2D eigenvalue weighted by atomic mass is 32.2. The number of aliphatic imine (C=N–C) groups is 1. The molecule has 0 saturated carbocycles. The van der Waals surface area contributed by atoms with E-state index >= 15 is 0 Å². The maximum atomic E-state index is 4.75. The summed E-state index contributed by atoms with van der Waals surface area (Å²) in [5, 5.41) is 7.64. The third-order valence-electron chi connectivity index (χ3n) is 3.75. The second kappa shape index (κ2) is 8.51. The van der Waals surface area contributed by atoms with Crippen LogP contribution in [0.2, 0.25) is 0 Å². The Labute approximate surface area is 121 Å². The number of rotatable bonds is 5. The lowest BCUT2D eigenvalue weighted by Gasteiger charge is -2.18. The molecule has 108 valence electrons. The molecular weight excluding hydrogens is 254 g/mol. The number of nitrogens with one attached hydrogen (secondary N) is 2. The van der Waals surface area contributed by atoms with Crippen LogP contribution in [0.3, 0.4) is 0 Å². The lowest BCUT2D eigenvalue weighted by Crippen LogP contribution is -2.40. The summed E-state index contributed by atoms with van der Waals surface area (Å²) in [6.45, 7) is 5.08. The van der Waals surface area contributed by atoms with Crippen molar-refractivity contribution >= 4 is 17.7 Å². The third kappa shape index (κ3) is 5.47. The van der Waals surface area contributed by atoms with Gasteiger partial charge in [0.15, 0.2) is 5.96 Å². The predicted molar refractivity (Wildman–Crippen MR) is 85.9 cm³/mol. The fourth-order valence-corrected chi connectivity index (χ4v) is 3.80. The highest BCUT2D eigenvalue weighted by Gasteiger charge is 2.15. The lowest BCUT2D eigenvalue weighted by molar-refractivity contribution is 0.490. The smallest absolute Gasteiger partial charge is 0.191 e. The normalized spacial score (nSPS) is 27.5. The molecule has 0 amide bonds. The molecule has 1 aliphatic heterocycles. The zero-order chi connectivity index (χ0) is 13.3. The Hall–Kier alpha value is -0.640. The third-order valence-corrected chi connectivity index (χ3v) is 5.15. The van der Waals surface area contributed by atoms with Crippen LogP contribution in [0, 0.1) is 5.92 Å². The first-order chi connectivity index (χ1) is 9.38. The average Bonchev–Trinajstić information content (AvgIpc) is 2.96. The quantitative estimate of drug-likeness (QED) is 0.462. The number of thioether (sulfide) groups is 1. The van der Waals surface area contributed by atoms with E-state index in [9.17, 15) is 0 Å². The summed E-state index contributed by atoms with van der Waals surface area (Å²) in [7, 11) is 0. The molecule has 1 fully saturated rings. The molecule has 0 bridgehead atoms. The van der Waals surface area contributed by atoms with E-state index in [2.05, 4.69) is 41.5 Å². The molecule has 2 aliphatic rings. The van der Waals surface area contributed by atoms with Gasteiger partial charge in [-0.15, -0.1) is 0 Å². The lowest BCUT2D eigenvalue weighted by atomic mass is 9.95. The van der Waals surface area contributed by atoms with Gasteiger partial charge < -0.3 is 10.6 Å². The van der Waals surface area contributed by atoms with E-state index in [1.54, 1.807) is 0 Å². The number of nitrogens with zero attached hydrogens (tertiary/aromatic N) is 1. The first-order valence-electron chi connectivity index (χ1n) is 7.67. The molecule has 0 aromatic carbocycles. The monoisotopic (exact) mass is 281 g/mol. The molecule has 0 radical (unpaired) electrons. The van der Waals surface area contributed by atoms with E-state index in [4.69, 9.17) is 4.99 Å². The molecule has 2 N–H and O–H groups in total. The van der Waals surface area contributed by atoms with Crippen LogP contribution in [0.4, 0.5) is 0 Å². The molecule has 0 aromatic heterocycles. The number of guanidine groups is 1. The summed E-state index contributed by atoms with van der Waals surface area (Å²) >= 11 is 2.09. The Morgan fingerprint density at radius 1 is 1.32 bits per heavy atom. The van der Waals surface area contributed by atoms with Crippen LogP contribution in [-0.2, 0) is 0 Å². The van der Waals surface area contributed by atoms with Crippen LogP contribution < -0.4 is 10.6 Å². The van der Waals surface area contributed by atoms with Gasteiger partial charge >= 0.3 is 0 Å². The van der Waals surface area contributed by atoms with Crippen molar-refractivity contribution in [3.05, 3.63) is 12.2 Å². The van der Waals surface area contributed by atoms with Crippen molar-refractivity contribution in [2.75, 3.05) is 25.4 Å². The largest absolute Gasteiger partial charge is 0.357 e. The zero-order valence-electron chi connectivity index (χ0n) is 12.0. The van der Waals surface area contributed by atoms with Crippen molar-refractivity contribution in [1.29, 1.82) is 0 Å². The van der Waals surface area contributed by atoms with Crippen molar-refractivity contribution < 1.29 is 0 Å². The van der Waals surface area contributed by atoms with Crippen molar-refractivity contribution in [3.63, 3.8) is 0 Å². The summed E-state index contributed by atoms with van der Waals surface area (Å²) in [4.78, 5) is 4.75. The van der Waals surface area contributed by atoms with Gasteiger partial charge in [-0.1, -0.05) is 12.2 Å². The molecular formula is C15H27N3S. The van der Waals surface area contributed by atoms with E-state index in [-0.39, 0.29) is 0 Å². The fourth-order valence-electron chi connectivity index (χ4n) is 2.60. The highest BCUT2D eigenvalue weighted by molar-refractivity contribution is 8.00.